The molecule has 31 heavy (non-hydrogen) atoms. The lowest BCUT2D eigenvalue weighted by atomic mass is 10.1. The first-order valence-corrected chi connectivity index (χ1v) is 10.5. The van der Waals surface area contributed by atoms with Gasteiger partial charge in [-0.15, -0.1) is 0 Å². The molecule has 0 aliphatic heterocycles. The smallest absolute Gasteiger partial charge is 0.225 e. The molecule has 0 spiro atoms. The molecule has 2 amide bonds. The van der Waals surface area contributed by atoms with E-state index in [2.05, 4.69) is 15.7 Å². The number of halogens is 1. The molecule has 0 saturated heterocycles. The average Bonchev–Trinajstić information content (AvgIpc) is 3.18. The topological polar surface area (TPSA) is 76.0 Å². The van der Waals surface area contributed by atoms with Crippen LogP contribution >= 0.6 is 0 Å². The summed E-state index contributed by atoms with van der Waals surface area (Å²) in [5, 5.41) is 10.4. The fourth-order valence-electron chi connectivity index (χ4n) is 3.06. The molecule has 162 valence electrons. The fraction of sp³-hybridized carbons (Fsp3) is 0.292. The lowest BCUT2D eigenvalue weighted by molar-refractivity contribution is -0.122. The number of carbonyl (C=O) groups excluding carboxylic acids is 2. The zero-order valence-electron chi connectivity index (χ0n) is 17.8. The van der Waals surface area contributed by atoms with Crippen molar-refractivity contribution in [3.05, 3.63) is 66.5 Å². The van der Waals surface area contributed by atoms with E-state index in [4.69, 9.17) is 0 Å². The highest BCUT2D eigenvalue weighted by Crippen LogP contribution is 2.25. The molecule has 7 heteroatoms. The molecule has 0 fully saturated rings. The summed E-state index contributed by atoms with van der Waals surface area (Å²) < 4.78 is 14.9. The van der Waals surface area contributed by atoms with E-state index in [9.17, 15) is 14.0 Å². The maximum absolute atomic E-state index is 13.4. The van der Waals surface area contributed by atoms with Crippen LogP contribution in [0.4, 0.5) is 10.2 Å². The summed E-state index contributed by atoms with van der Waals surface area (Å²) in [4.78, 5) is 24.4. The van der Waals surface area contributed by atoms with Crippen LogP contribution in [0, 0.1) is 5.82 Å². The van der Waals surface area contributed by atoms with Crippen molar-refractivity contribution >= 4 is 17.6 Å². The zero-order valence-corrected chi connectivity index (χ0v) is 17.8. The molecular weight excluding hydrogens is 395 g/mol. The van der Waals surface area contributed by atoms with E-state index in [1.807, 2.05) is 44.2 Å². The molecule has 0 saturated carbocycles. The van der Waals surface area contributed by atoms with Crippen molar-refractivity contribution in [2.45, 2.75) is 45.6 Å². The van der Waals surface area contributed by atoms with Crippen LogP contribution in [0.3, 0.4) is 0 Å². The van der Waals surface area contributed by atoms with Crippen LogP contribution in [-0.4, -0.2) is 27.6 Å². The number of amides is 2. The Balaban J connectivity index is 1.71. The molecule has 0 radical (unpaired) electrons. The number of aromatic nitrogens is 2. The van der Waals surface area contributed by atoms with Crippen LogP contribution in [0.1, 0.15) is 39.5 Å². The molecule has 0 aliphatic rings. The molecule has 0 aliphatic carbocycles. The number of rotatable bonds is 9. The average molecular weight is 423 g/mol. The highest BCUT2D eigenvalue weighted by Gasteiger charge is 2.14. The molecule has 2 aromatic carbocycles. The Morgan fingerprint density at radius 3 is 2.39 bits per heavy atom. The lowest BCUT2D eigenvalue weighted by Crippen LogP contribution is -2.31. The molecule has 0 unspecified atom stereocenters. The highest BCUT2D eigenvalue weighted by molar-refractivity contribution is 5.91. The van der Waals surface area contributed by atoms with E-state index in [0.29, 0.717) is 30.0 Å². The second-order valence-electron chi connectivity index (χ2n) is 7.45. The van der Waals surface area contributed by atoms with Crippen molar-refractivity contribution in [1.29, 1.82) is 0 Å². The molecule has 6 nitrogen and oxygen atoms in total. The molecule has 1 atom stereocenters. The summed E-state index contributed by atoms with van der Waals surface area (Å²) in [6.45, 7) is 3.96. The van der Waals surface area contributed by atoms with Crippen LogP contribution in [-0.2, 0) is 9.59 Å². The summed E-state index contributed by atoms with van der Waals surface area (Å²) in [6, 6.07) is 17.4. The molecule has 0 bridgehead atoms. The second kappa shape index (κ2) is 10.5. The van der Waals surface area contributed by atoms with Gasteiger partial charge in [0, 0.05) is 30.5 Å². The first kappa shape index (κ1) is 22.2. The molecule has 1 aromatic heterocycles. The Morgan fingerprint density at radius 1 is 1.03 bits per heavy atom. The number of nitrogens with zero attached hydrogens (tertiary/aromatic N) is 2. The van der Waals surface area contributed by atoms with Gasteiger partial charge < -0.3 is 10.6 Å². The summed E-state index contributed by atoms with van der Waals surface area (Å²) in [5.74, 6) is -0.121. The monoisotopic (exact) mass is 422 g/mol. The van der Waals surface area contributed by atoms with Gasteiger partial charge in [-0.05, 0) is 44.0 Å². The first-order valence-electron chi connectivity index (χ1n) is 10.5. The molecule has 3 aromatic rings. The Bertz CT molecular complexity index is 1020. The van der Waals surface area contributed by atoms with Gasteiger partial charge in [0.25, 0.3) is 0 Å². The van der Waals surface area contributed by atoms with Gasteiger partial charge in [0.1, 0.15) is 11.6 Å². The van der Waals surface area contributed by atoms with E-state index in [0.717, 1.165) is 12.0 Å². The Hall–Kier alpha value is -3.48. The Morgan fingerprint density at radius 2 is 1.71 bits per heavy atom. The van der Waals surface area contributed by atoms with Gasteiger partial charge in [-0.3, -0.25) is 9.59 Å². The van der Waals surface area contributed by atoms with E-state index in [-0.39, 0.29) is 30.1 Å². The number of hydrogen-bond acceptors (Lipinski definition) is 3. The van der Waals surface area contributed by atoms with Crippen LogP contribution in [0.5, 0.6) is 0 Å². The van der Waals surface area contributed by atoms with E-state index < -0.39 is 0 Å². The van der Waals surface area contributed by atoms with Crippen molar-refractivity contribution < 1.29 is 14.0 Å². The maximum Gasteiger partial charge on any atom is 0.225 e. The Labute approximate surface area is 181 Å². The summed E-state index contributed by atoms with van der Waals surface area (Å²) in [7, 11) is 0. The van der Waals surface area contributed by atoms with Crippen molar-refractivity contribution in [3.63, 3.8) is 0 Å². The van der Waals surface area contributed by atoms with Crippen molar-refractivity contribution in [3.8, 4) is 16.9 Å². The van der Waals surface area contributed by atoms with Gasteiger partial charge in [0.2, 0.25) is 11.8 Å². The van der Waals surface area contributed by atoms with Crippen LogP contribution in [0.15, 0.2) is 60.7 Å². The van der Waals surface area contributed by atoms with E-state index in [1.165, 1.54) is 12.1 Å². The van der Waals surface area contributed by atoms with Crippen molar-refractivity contribution in [2.24, 2.45) is 0 Å². The van der Waals surface area contributed by atoms with Crippen LogP contribution < -0.4 is 10.6 Å². The highest BCUT2D eigenvalue weighted by atomic mass is 19.1. The maximum atomic E-state index is 13.4. The SMILES string of the molecule is CC[C@H](C)NC(=O)CCCC(=O)Nc1cc(-c2ccccc2)nn1-c1ccc(F)cc1. The summed E-state index contributed by atoms with van der Waals surface area (Å²) >= 11 is 0. The second-order valence-corrected chi connectivity index (χ2v) is 7.45. The van der Waals surface area contributed by atoms with Crippen molar-refractivity contribution in [2.75, 3.05) is 5.32 Å². The number of anilines is 1. The number of carbonyl (C=O) groups is 2. The minimum atomic E-state index is -0.347. The van der Waals surface area contributed by atoms with Crippen LogP contribution in [0.25, 0.3) is 16.9 Å². The summed E-state index contributed by atoms with van der Waals surface area (Å²) in [6.07, 6.45) is 1.82. The number of hydrogen-bond donors (Lipinski definition) is 2. The van der Waals surface area contributed by atoms with Gasteiger partial charge in [-0.1, -0.05) is 37.3 Å². The van der Waals surface area contributed by atoms with Gasteiger partial charge in [0.05, 0.1) is 11.4 Å². The predicted molar refractivity (Wildman–Crippen MR) is 119 cm³/mol. The third kappa shape index (κ3) is 6.25. The van der Waals surface area contributed by atoms with Gasteiger partial charge in [0.15, 0.2) is 0 Å². The molecule has 2 N–H and O–H groups in total. The third-order valence-electron chi connectivity index (χ3n) is 4.95. The fourth-order valence-corrected chi connectivity index (χ4v) is 3.06. The normalized spacial score (nSPS) is 11.7. The third-order valence-corrected chi connectivity index (χ3v) is 4.95. The molecular formula is C24H27FN4O2. The number of benzene rings is 2. The van der Waals surface area contributed by atoms with E-state index in [1.54, 1.807) is 22.9 Å². The van der Waals surface area contributed by atoms with Crippen molar-refractivity contribution in [1.82, 2.24) is 15.1 Å². The van der Waals surface area contributed by atoms with Gasteiger partial charge >= 0.3 is 0 Å². The summed E-state index contributed by atoms with van der Waals surface area (Å²) in [5.41, 5.74) is 2.22. The molecule has 1 heterocycles. The van der Waals surface area contributed by atoms with Gasteiger partial charge in [-0.25, -0.2) is 9.07 Å². The standard InChI is InChI=1S/C24H27FN4O2/c1-3-17(2)26-23(30)10-7-11-24(31)27-22-16-21(18-8-5-4-6-9-18)28-29(22)20-14-12-19(25)13-15-20/h4-6,8-9,12-17H,3,7,10-11H2,1-2H3,(H,26,30)(H,27,31)/t17-/m0/s1. The minimum absolute atomic E-state index is 0.0510. The van der Waals surface area contributed by atoms with Crippen LogP contribution in [0.2, 0.25) is 0 Å². The predicted octanol–water partition coefficient (Wildman–Crippen LogP) is 4.70. The minimum Gasteiger partial charge on any atom is -0.354 e. The lowest BCUT2D eigenvalue weighted by Gasteiger charge is -2.11. The largest absolute Gasteiger partial charge is 0.354 e. The first-order chi connectivity index (χ1) is 15.0. The number of nitrogens with one attached hydrogen (secondary N) is 2. The Kier molecular flexibility index (Phi) is 7.54. The van der Waals surface area contributed by atoms with Gasteiger partial charge in [-0.2, -0.15) is 5.10 Å². The van der Waals surface area contributed by atoms with E-state index >= 15 is 0 Å². The molecule has 3 rings (SSSR count). The zero-order chi connectivity index (χ0) is 22.2. The quantitative estimate of drug-likeness (QED) is 0.525.